The van der Waals surface area contributed by atoms with Gasteiger partial charge in [0.1, 0.15) is 5.52 Å². The van der Waals surface area contributed by atoms with Crippen molar-refractivity contribution >= 4 is 28.8 Å². The minimum absolute atomic E-state index is 0.524. The molecule has 3 heteroatoms. The molecule has 0 spiro atoms. The molecule has 1 heterocycles. The van der Waals surface area contributed by atoms with Crippen LogP contribution in [0.3, 0.4) is 0 Å². The Morgan fingerprint density at radius 3 is 3.14 bits per heavy atom. The molecule has 0 radical (unpaired) electrons. The van der Waals surface area contributed by atoms with Crippen LogP contribution in [0.25, 0.3) is 17.2 Å². The van der Waals surface area contributed by atoms with Crippen LogP contribution in [0, 0.1) is 6.92 Å². The summed E-state index contributed by atoms with van der Waals surface area (Å²) in [6.07, 6.45) is 3.87. The smallest absolute Gasteiger partial charge is 0.192 e. The zero-order valence-corrected chi connectivity index (χ0v) is 8.58. The van der Waals surface area contributed by atoms with E-state index < -0.39 is 0 Å². The van der Waals surface area contributed by atoms with Crippen molar-refractivity contribution in [3.63, 3.8) is 0 Å². The van der Waals surface area contributed by atoms with E-state index >= 15 is 0 Å². The largest absolute Gasteiger partial charge is 0.441 e. The Bertz CT molecular complexity index is 473. The van der Waals surface area contributed by atoms with Crippen LogP contribution in [-0.2, 0) is 0 Å². The topological polar surface area (TPSA) is 26.0 Å². The average Bonchev–Trinajstić information content (AvgIpc) is 2.54. The normalized spacial score (nSPS) is 11.6. The van der Waals surface area contributed by atoms with E-state index in [1.165, 1.54) is 0 Å². The molecule has 0 amide bonds. The minimum Gasteiger partial charge on any atom is -0.441 e. The lowest BCUT2D eigenvalue weighted by atomic mass is 10.2. The lowest BCUT2D eigenvalue weighted by Gasteiger charge is -1.91. The number of nitrogens with zero attached hydrogens (tertiary/aromatic N) is 1. The van der Waals surface area contributed by atoms with Crippen LogP contribution >= 0.6 is 11.6 Å². The Balaban J connectivity index is 2.45. The standard InChI is InChI=1S/C11H10ClNO/c1-8-13-10-7-9(3-2-6-12)4-5-11(10)14-8/h2-5,7H,6H2,1H3. The second-order valence-corrected chi connectivity index (χ2v) is 3.33. The molecule has 0 atom stereocenters. The van der Waals surface area contributed by atoms with Crippen molar-refractivity contribution in [3.8, 4) is 0 Å². The molecule has 2 aromatic rings. The summed E-state index contributed by atoms with van der Waals surface area (Å²) in [6.45, 7) is 1.84. The molecule has 0 aliphatic carbocycles. The molecule has 0 aliphatic rings. The van der Waals surface area contributed by atoms with E-state index in [0.29, 0.717) is 11.8 Å². The minimum atomic E-state index is 0.524. The van der Waals surface area contributed by atoms with Gasteiger partial charge in [0.05, 0.1) is 0 Å². The maximum Gasteiger partial charge on any atom is 0.192 e. The first-order chi connectivity index (χ1) is 6.79. The number of benzene rings is 1. The third-order valence-electron chi connectivity index (χ3n) is 1.92. The van der Waals surface area contributed by atoms with Crippen molar-refractivity contribution in [2.24, 2.45) is 0 Å². The van der Waals surface area contributed by atoms with E-state index in [2.05, 4.69) is 4.98 Å². The lowest BCUT2D eigenvalue weighted by molar-refractivity contribution is 0.561. The predicted molar refractivity (Wildman–Crippen MR) is 58.5 cm³/mol. The van der Waals surface area contributed by atoms with Crippen molar-refractivity contribution in [2.45, 2.75) is 6.92 Å². The Morgan fingerprint density at radius 1 is 1.50 bits per heavy atom. The maximum atomic E-state index is 5.55. The molecule has 0 bridgehead atoms. The maximum absolute atomic E-state index is 5.55. The van der Waals surface area contributed by atoms with Crippen LogP contribution in [-0.4, -0.2) is 10.9 Å². The van der Waals surface area contributed by atoms with E-state index in [-0.39, 0.29) is 0 Å². The number of allylic oxidation sites excluding steroid dienone is 1. The van der Waals surface area contributed by atoms with E-state index in [1.807, 2.05) is 37.3 Å². The summed E-state index contributed by atoms with van der Waals surface area (Å²) in [6, 6.07) is 5.88. The van der Waals surface area contributed by atoms with Crippen molar-refractivity contribution < 1.29 is 4.42 Å². The fourth-order valence-electron chi connectivity index (χ4n) is 1.34. The predicted octanol–water partition coefficient (Wildman–Crippen LogP) is 3.39. The van der Waals surface area contributed by atoms with Gasteiger partial charge in [0.15, 0.2) is 11.5 Å². The Hall–Kier alpha value is -1.28. The summed E-state index contributed by atoms with van der Waals surface area (Å²) in [4.78, 5) is 4.25. The van der Waals surface area contributed by atoms with Crippen LogP contribution in [0.4, 0.5) is 0 Å². The van der Waals surface area contributed by atoms with Gasteiger partial charge in [-0.1, -0.05) is 18.2 Å². The van der Waals surface area contributed by atoms with E-state index in [1.54, 1.807) is 0 Å². The number of aryl methyl sites for hydroxylation is 1. The third kappa shape index (κ3) is 1.80. The highest BCUT2D eigenvalue weighted by molar-refractivity contribution is 6.19. The van der Waals surface area contributed by atoms with Gasteiger partial charge in [-0.3, -0.25) is 0 Å². The lowest BCUT2D eigenvalue weighted by Crippen LogP contribution is -1.73. The first-order valence-electron chi connectivity index (χ1n) is 4.39. The Morgan fingerprint density at radius 2 is 2.36 bits per heavy atom. The van der Waals surface area contributed by atoms with Crippen LogP contribution in [0.2, 0.25) is 0 Å². The van der Waals surface area contributed by atoms with Gasteiger partial charge in [-0.25, -0.2) is 4.98 Å². The van der Waals surface area contributed by atoms with Crippen molar-refractivity contribution in [1.82, 2.24) is 4.98 Å². The molecular formula is C11H10ClNO. The van der Waals surface area contributed by atoms with Crippen molar-refractivity contribution in [3.05, 3.63) is 35.7 Å². The molecule has 72 valence electrons. The summed E-state index contributed by atoms with van der Waals surface area (Å²) in [7, 11) is 0. The molecule has 0 N–H and O–H groups in total. The summed E-state index contributed by atoms with van der Waals surface area (Å²) < 4.78 is 5.37. The number of halogens is 1. The van der Waals surface area contributed by atoms with Gasteiger partial charge in [-0.15, -0.1) is 11.6 Å². The van der Waals surface area contributed by atoms with E-state index in [4.69, 9.17) is 16.0 Å². The Labute approximate surface area is 87.2 Å². The highest BCUT2D eigenvalue weighted by Gasteiger charge is 2.00. The van der Waals surface area contributed by atoms with Gasteiger partial charge < -0.3 is 4.42 Å². The SMILES string of the molecule is Cc1nc2cc(C=CCCl)ccc2o1. The molecule has 0 saturated heterocycles. The average molecular weight is 208 g/mol. The van der Waals surface area contributed by atoms with Gasteiger partial charge >= 0.3 is 0 Å². The van der Waals surface area contributed by atoms with Crippen LogP contribution in [0.1, 0.15) is 11.5 Å². The van der Waals surface area contributed by atoms with Gasteiger partial charge in [0.2, 0.25) is 0 Å². The van der Waals surface area contributed by atoms with Crippen molar-refractivity contribution in [1.29, 1.82) is 0 Å². The number of fused-ring (bicyclic) bond motifs is 1. The highest BCUT2D eigenvalue weighted by atomic mass is 35.5. The molecule has 0 aliphatic heterocycles. The molecule has 0 fully saturated rings. The molecule has 0 saturated carbocycles. The fraction of sp³-hybridized carbons (Fsp3) is 0.182. The van der Waals surface area contributed by atoms with Gasteiger partial charge in [0.25, 0.3) is 0 Å². The monoisotopic (exact) mass is 207 g/mol. The summed E-state index contributed by atoms with van der Waals surface area (Å²) in [5.41, 5.74) is 2.80. The molecular weight excluding hydrogens is 198 g/mol. The molecule has 2 rings (SSSR count). The van der Waals surface area contributed by atoms with Gasteiger partial charge in [0, 0.05) is 12.8 Å². The van der Waals surface area contributed by atoms with Crippen molar-refractivity contribution in [2.75, 3.05) is 5.88 Å². The van der Waals surface area contributed by atoms with E-state index in [0.717, 1.165) is 16.7 Å². The number of rotatable bonds is 2. The quantitative estimate of drug-likeness (QED) is 0.706. The fourth-order valence-corrected chi connectivity index (χ4v) is 1.43. The molecule has 1 aromatic heterocycles. The zero-order valence-electron chi connectivity index (χ0n) is 7.83. The zero-order chi connectivity index (χ0) is 9.97. The second-order valence-electron chi connectivity index (χ2n) is 3.02. The Kier molecular flexibility index (Phi) is 2.55. The summed E-state index contributed by atoms with van der Waals surface area (Å²) >= 11 is 5.55. The number of hydrogen-bond donors (Lipinski definition) is 0. The molecule has 2 nitrogen and oxygen atoms in total. The third-order valence-corrected chi connectivity index (χ3v) is 2.10. The van der Waals surface area contributed by atoms with Crippen LogP contribution in [0.15, 0.2) is 28.7 Å². The number of alkyl halides is 1. The van der Waals surface area contributed by atoms with Gasteiger partial charge in [-0.05, 0) is 17.7 Å². The van der Waals surface area contributed by atoms with Gasteiger partial charge in [-0.2, -0.15) is 0 Å². The number of oxazole rings is 1. The molecule has 0 unspecified atom stereocenters. The second kappa shape index (κ2) is 3.84. The van der Waals surface area contributed by atoms with Crippen LogP contribution < -0.4 is 0 Å². The summed E-state index contributed by atoms with van der Waals surface area (Å²) in [5, 5.41) is 0. The first kappa shape index (κ1) is 9.28. The molecule has 14 heavy (non-hydrogen) atoms. The first-order valence-corrected chi connectivity index (χ1v) is 4.93. The number of hydrogen-bond acceptors (Lipinski definition) is 2. The van der Waals surface area contributed by atoms with Crippen LogP contribution in [0.5, 0.6) is 0 Å². The summed E-state index contributed by atoms with van der Waals surface area (Å²) in [5.74, 6) is 1.22. The highest BCUT2D eigenvalue weighted by Crippen LogP contribution is 2.17. The molecule has 1 aromatic carbocycles. The number of aromatic nitrogens is 1. The van der Waals surface area contributed by atoms with E-state index in [9.17, 15) is 0 Å².